The molecular weight excluding hydrogens is 384 g/mol. The van der Waals surface area contributed by atoms with Crippen molar-refractivity contribution in [1.82, 2.24) is 0 Å². The minimum Gasteiger partial charge on any atom is -0.497 e. The van der Waals surface area contributed by atoms with Crippen molar-refractivity contribution < 1.29 is 23.8 Å². The lowest BCUT2D eigenvalue weighted by molar-refractivity contribution is -0.118. The summed E-state index contributed by atoms with van der Waals surface area (Å²) in [5.41, 5.74) is 1.51. The normalized spacial score (nSPS) is 10.1. The Hall–Kier alpha value is -4.00. The quantitative estimate of drug-likeness (QED) is 0.591. The number of para-hydroxylation sites is 2. The van der Waals surface area contributed by atoms with E-state index in [1.807, 2.05) is 18.2 Å². The van der Waals surface area contributed by atoms with Crippen molar-refractivity contribution in [1.29, 1.82) is 0 Å². The van der Waals surface area contributed by atoms with Gasteiger partial charge >= 0.3 is 0 Å². The average Bonchev–Trinajstić information content (AvgIpc) is 2.78. The van der Waals surface area contributed by atoms with Crippen LogP contribution >= 0.6 is 0 Å². The number of rotatable bonds is 8. The molecule has 0 aliphatic rings. The number of amides is 2. The molecule has 0 saturated carbocycles. The van der Waals surface area contributed by atoms with Gasteiger partial charge in [-0.2, -0.15) is 0 Å². The maximum absolute atomic E-state index is 12.6. The van der Waals surface area contributed by atoms with Gasteiger partial charge in [0.1, 0.15) is 17.2 Å². The molecule has 0 bridgehead atoms. The number of hydrogen-bond donors (Lipinski definition) is 2. The Kier molecular flexibility index (Phi) is 6.89. The van der Waals surface area contributed by atoms with Crippen molar-refractivity contribution in [3.8, 4) is 17.2 Å². The van der Waals surface area contributed by atoms with Gasteiger partial charge < -0.3 is 24.8 Å². The highest BCUT2D eigenvalue weighted by Crippen LogP contribution is 2.26. The lowest BCUT2D eigenvalue weighted by Crippen LogP contribution is -2.21. The monoisotopic (exact) mass is 406 g/mol. The minimum atomic E-state index is -0.386. The fourth-order valence-electron chi connectivity index (χ4n) is 2.72. The van der Waals surface area contributed by atoms with Crippen LogP contribution in [0.15, 0.2) is 72.8 Å². The highest BCUT2D eigenvalue weighted by Gasteiger charge is 2.14. The number of benzene rings is 3. The molecular formula is C23H22N2O5. The maximum atomic E-state index is 12.6. The summed E-state index contributed by atoms with van der Waals surface area (Å²) < 4.78 is 16.0. The van der Waals surface area contributed by atoms with Gasteiger partial charge in [-0.3, -0.25) is 9.59 Å². The van der Waals surface area contributed by atoms with Gasteiger partial charge in [0.25, 0.3) is 11.8 Å². The summed E-state index contributed by atoms with van der Waals surface area (Å²) in [7, 11) is 3.06. The standard InChI is InChI=1S/C23H22N2O5/c1-28-18-12-17(13-19(14-18)29-2)24-22(26)15-30-21-11-7-6-10-20(21)23(27)25-16-8-4-3-5-9-16/h3-14H,15H2,1-2H3,(H,24,26)(H,25,27). The SMILES string of the molecule is COc1cc(NC(=O)COc2ccccc2C(=O)Nc2ccccc2)cc(OC)c1. The number of anilines is 2. The van der Waals surface area contributed by atoms with E-state index in [1.165, 1.54) is 14.2 Å². The van der Waals surface area contributed by atoms with Crippen molar-refractivity contribution >= 4 is 23.2 Å². The van der Waals surface area contributed by atoms with E-state index in [0.717, 1.165) is 0 Å². The third kappa shape index (κ3) is 5.51. The van der Waals surface area contributed by atoms with E-state index in [0.29, 0.717) is 34.2 Å². The summed E-state index contributed by atoms with van der Waals surface area (Å²) in [6.07, 6.45) is 0. The summed E-state index contributed by atoms with van der Waals surface area (Å²) in [6, 6.07) is 20.9. The van der Waals surface area contributed by atoms with Crippen LogP contribution in [0.3, 0.4) is 0 Å². The largest absolute Gasteiger partial charge is 0.497 e. The Balaban J connectivity index is 1.65. The molecule has 3 rings (SSSR count). The van der Waals surface area contributed by atoms with Gasteiger partial charge in [-0.15, -0.1) is 0 Å². The predicted octanol–water partition coefficient (Wildman–Crippen LogP) is 3.97. The van der Waals surface area contributed by atoms with Crippen LogP contribution in [0.2, 0.25) is 0 Å². The van der Waals surface area contributed by atoms with Crippen LogP contribution in [-0.4, -0.2) is 32.6 Å². The first-order valence-electron chi connectivity index (χ1n) is 9.20. The lowest BCUT2D eigenvalue weighted by atomic mass is 10.2. The molecule has 3 aromatic rings. The summed E-state index contributed by atoms with van der Waals surface area (Å²) in [6.45, 7) is -0.269. The molecule has 7 heteroatoms. The Morgan fingerprint density at radius 2 is 1.40 bits per heavy atom. The van der Waals surface area contributed by atoms with Crippen LogP contribution in [0.5, 0.6) is 17.2 Å². The first-order chi connectivity index (χ1) is 14.6. The molecule has 0 atom stereocenters. The van der Waals surface area contributed by atoms with Gasteiger partial charge in [0.15, 0.2) is 6.61 Å². The predicted molar refractivity (Wildman–Crippen MR) is 115 cm³/mol. The van der Waals surface area contributed by atoms with E-state index in [-0.39, 0.29) is 18.4 Å². The van der Waals surface area contributed by atoms with E-state index in [9.17, 15) is 9.59 Å². The highest BCUT2D eigenvalue weighted by atomic mass is 16.5. The zero-order chi connectivity index (χ0) is 21.3. The Bertz CT molecular complexity index is 999. The second-order valence-electron chi connectivity index (χ2n) is 6.25. The summed E-state index contributed by atoms with van der Waals surface area (Å²) in [5.74, 6) is 0.699. The molecule has 0 aliphatic heterocycles. The van der Waals surface area contributed by atoms with Crippen molar-refractivity contribution in [2.45, 2.75) is 0 Å². The van der Waals surface area contributed by atoms with E-state index in [1.54, 1.807) is 54.6 Å². The van der Waals surface area contributed by atoms with Crippen LogP contribution in [0.4, 0.5) is 11.4 Å². The highest BCUT2D eigenvalue weighted by molar-refractivity contribution is 6.06. The number of ether oxygens (including phenoxy) is 3. The van der Waals surface area contributed by atoms with Crippen LogP contribution in [-0.2, 0) is 4.79 Å². The van der Waals surface area contributed by atoms with E-state index in [4.69, 9.17) is 14.2 Å². The smallest absolute Gasteiger partial charge is 0.262 e. The molecule has 0 spiro atoms. The molecule has 154 valence electrons. The molecule has 0 heterocycles. The third-order valence-electron chi connectivity index (χ3n) is 4.16. The van der Waals surface area contributed by atoms with Crippen LogP contribution in [0, 0.1) is 0 Å². The second kappa shape index (κ2) is 9.97. The molecule has 7 nitrogen and oxygen atoms in total. The first-order valence-corrected chi connectivity index (χ1v) is 9.20. The van der Waals surface area contributed by atoms with Crippen LogP contribution < -0.4 is 24.8 Å². The van der Waals surface area contributed by atoms with Crippen molar-refractivity contribution in [3.63, 3.8) is 0 Å². The number of hydrogen-bond acceptors (Lipinski definition) is 5. The fraction of sp³-hybridized carbons (Fsp3) is 0.130. The first kappa shape index (κ1) is 20.7. The van der Waals surface area contributed by atoms with Gasteiger partial charge in [0, 0.05) is 29.6 Å². The van der Waals surface area contributed by atoms with Crippen molar-refractivity contribution in [2.75, 3.05) is 31.5 Å². The van der Waals surface area contributed by atoms with Gasteiger partial charge in [0.2, 0.25) is 0 Å². The molecule has 2 N–H and O–H groups in total. The Labute approximate surface area is 174 Å². The molecule has 0 aliphatic carbocycles. The average molecular weight is 406 g/mol. The number of carbonyl (C=O) groups excluding carboxylic acids is 2. The van der Waals surface area contributed by atoms with Gasteiger partial charge in [-0.25, -0.2) is 0 Å². The molecule has 0 unspecified atom stereocenters. The molecule has 0 saturated heterocycles. The number of carbonyl (C=O) groups is 2. The summed E-state index contributed by atoms with van der Waals surface area (Å²) >= 11 is 0. The van der Waals surface area contributed by atoms with Crippen LogP contribution in [0.1, 0.15) is 10.4 Å². The molecule has 3 aromatic carbocycles. The zero-order valence-electron chi connectivity index (χ0n) is 16.7. The fourth-order valence-corrected chi connectivity index (χ4v) is 2.72. The lowest BCUT2D eigenvalue weighted by Gasteiger charge is -2.13. The minimum absolute atomic E-state index is 0.269. The van der Waals surface area contributed by atoms with Crippen LogP contribution in [0.25, 0.3) is 0 Å². The van der Waals surface area contributed by atoms with Crippen molar-refractivity contribution in [2.24, 2.45) is 0 Å². The van der Waals surface area contributed by atoms with E-state index >= 15 is 0 Å². The summed E-state index contributed by atoms with van der Waals surface area (Å²) in [5, 5.41) is 5.53. The Morgan fingerprint density at radius 3 is 2.07 bits per heavy atom. The summed E-state index contributed by atoms with van der Waals surface area (Å²) in [4.78, 5) is 24.9. The Morgan fingerprint density at radius 1 is 0.767 bits per heavy atom. The molecule has 2 amide bonds. The maximum Gasteiger partial charge on any atom is 0.262 e. The van der Waals surface area contributed by atoms with E-state index in [2.05, 4.69) is 10.6 Å². The number of methoxy groups -OCH3 is 2. The van der Waals surface area contributed by atoms with Crippen molar-refractivity contribution in [3.05, 3.63) is 78.4 Å². The van der Waals surface area contributed by atoms with Gasteiger partial charge in [0.05, 0.1) is 19.8 Å². The second-order valence-corrected chi connectivity index (χ2v) is 6.25. The topological polar surface area (TPSA) is 85.9 Å². The molecule has 0 fully saturated rings. The van der Waals surface area contributed by atoms with E-state index < -0.39 is 0 Å². The molecule has 0 aromatic heterocycles. The number of nitrogens with one attached hydrogen (secondary N) is 2. The zero-order valence-corrected chi connectivity index (χ0v) is 16.7. The molecule has 0 radical (unpaired) electrons. The third-order valence-corrected chi connectivity index (χ3v) is 4.16. The van der Waals surface area contributed by atoms with Gasteiger partial charge in [-0.1, -0.05) is 30.3 Å². The van der Waals surface area contributed by atoms with Gasteiger partial charge in [-0.05, 0) is 24.3 Å². The molecule has 30 heavy (non-hydrogen) atoms.